The quantitative estimate of drug-likeness (QED) is 0.173. The number of rotatable bonds is 0. The van der Waals surface area contributed by atoms with E-state index in [4.69, 9.17) is 0 Å². The van der Waals surface area contributed by atoms with Gasteiger partial charge in [0.15, 0.2) is 0 Å². The molecule has 0 radical (unpaired) electrons. The Kier molecular flexibility index (Phi) is 3.80. The van der Waals surface area contributed by atoms with Crippen LogP contribution in [-0.4, -0.2) is 0 Å². The van der Waals surface area contributed by atoms with E-state index in [-0.39, 0.29) is 12.1 Å². The second kappa shape index (κ2) is 7.66. The molecule has 0 aromatic heterocycles. The molecular weight excluding hydrogens is 571 g/mol. The van der Waals surface area contributed by atoms with Gasteiger partial charge >= 0.3 is 0 Å². The number of anilines is 7. The van der Waals surface area contributed by atoms with Crippen LogP contribution < -0.4 is 14.7 Å². The number of para-hydroxylation sites is 4. The van der Waals surface area contributed by atoms with E-state index in [0.717, 1.165) is 0 Å². The maximum absolute atomic E-state index is 2.66. The number of hydrogen-bond donors (Lipinski definition) is 0. The van der Waals surface area contributed by atoms with Crippen LogP contribution in [0.1, 0.15) is 34.3 Å². The van der Waals surface area contributed by atoms with Crippen molar-refractivity contribution in [2.24, 2.45) is 0 Å². The highest BCUT2D eigenvalue weighted by Crippen LogP contribution is 2.71. The normalized spacial score (nSPS) is 18.1. The van der Waals surface area contributed by atoms with Gasteiger partial charge < -0.3 is 14.7 Å². The van der Waals surface area contributed by atoms with Crippen molar-refractivity contribution in [2.75, 3.05) is 14.7 Å². The minimum atomic E-state index is 0.0868. The zero-order chi connectivity index (χ0) is 30.1. The van der Waals surface area contributed by atoms with Gasteiger partial charge in [0.2, 0.25) is 0 Å². The molecule has 0 fully saturated rings. The number of fused-ring (bicyclic) bond motifs is 14. The molecule has 6 aliphatic rings. The van der Waals surface area contributed by atoms with E-state index in [1.165, 1.54) is 107 Å². The lowest BCUT2D eigenvalue weighted by Crippen LogP contribution is -2.42. The molecule has 0 amide bonds. The zero-order valence-electron chi connectivity index (χ0n) is 25.3. The first-order valence-electron chi connectivity index (χ1n) is 16.6. The molecule has 6 aliphatic heterocycles. The summed E-state index contributed by atoms with van der Waals surface area (Å²) in [5.74, 6) is 0. The summed E-state index contributed by atoms with van der Waals surface area (Å²) in [6.45, 7) is 0. The molecule has 0 saturated heterocycles. The van der Waals surface area contributed by atoms with E-state index in [1.54, 1.807) is 0 Å². The SMILES string of the molecule is c1ccc2c(c1)-c1cccc3c1C1c4c(cc5c6c4N3c3cccc4c3C6N(c3ccccc3-4)c3ccccc3-5)-c3ccccc3N21. The van der Waals surface area contributed by atoms with Crippen LogP contribution in [0.15, 0.2) is 140 Å². The summed E-state index contributed by atoms with van der Waals surface area (Å²) in [6.07, 6.45) is 0. The largest absolute Gasteiger partial charge is 0.328 e. The van der Waals surface area contributed by atoms with Crippen molar-refractivity contribution in [3.8, 4) is 44.5 Å². The van der Waals surface area contributed by atoms with Crippen molar-refractivity contribution in [3.63, 3.8) is 0 Å². The topological polar surface area (TPSA) is 9.72 Å². The smallest absolute Gasteiger partial charge is 0.0898 e. The molecule has 0 saturated carbocycles. The average Bonchev–Trinajstić information content (AvgIpc) is 3.14. The fourth-order valence-corrected chi connectivity index (χ4v) is 10.1. The first-order valence-corrected chi connectivity index (χ1v) is 16.6. The molecule has 3 heteroatoms. The highest BCUT2D eigenvalue weighted by atomic mass is 15.3. The molecule has 2 unspecified atom stereocenters. The third-order valence-electron chi connectivity index (χ3n) is 11.7. The Morgan fingerprint density at radius 2 is 0.638 bits per heavy atom. The molecule has 47 heavy (non-hydrogen) atoms. The van der Waals surface area contributed by atoms with Gasteiger partial charge in [0.05, 0.1) is 29.1 Å². The second-order valence-corrected chi connectivity index (χ2v) is 13.6. The fourth-order valence-electron chi connectivity index (χ4n) is 10.1. The van der Waals surface area contributed by atoms with Gasteiger partial charge in [-0.25, -0.2) is 0 Å². The summed E-state index contributed by atoms with van der Waals surface area (Å²) >= 11 is 0. The predicted octanol–water partition coefficient (Wildman–Crippen LogP) is 11.6. The molecule has 2 atom stereocenters. The number of benzene rings is 7. The minimum absolute atomic E-state index is 0.0868. The van der Waals surface area contributed by atoms with Crippen molar-refractivity contribution in [1.82, 2.24) is 0 Å². The summed E-state index contributed by atoms with van der Waals surface area (Å²) in [6, 6.07) is 52.9. The van der Waals surface area contributed by atoms with Crippen molar-refractivity contribution < 1.29 is 0 Å². The average molecular weight is 596 g/mol. The van der Waals surface area contributed by atoms with Gasteiger partial charge in [-0.3, -0.25) is 0 Å². The lowest BCUT2D eigenvalue weighted by atomic mass is 9.68. The molecule has 13 rings (SSSR count). The van der Waals surface area contributed by atoms with E-state index in [0.29, 0.717) is 0 Å². The van der Waals surface area contributed by atoms with Crippen molar-refractivity contribution >= 4 is 39.8 Å². The molecule has 0 spiro atoms. The Labute approximate surface area is 272 Å². The van der Waals surface area contributed by atoms with Gasteiger partial charge in [-0.2, -0.15) is 0 Å². The van der Waals surface area contributed by atoms with Crippen LogP contribution in [0.25, 0.3) is 44.5 Å². The molecule has 0 aliphatic carbocycles. The van der Waals surface area contributed by atoms with E-state index in [1.807, 2.05) is 0 Å². The van der Waals surface area contributed by atoms with Crippen LogP contribution in [0.2, 0.25) is 0 Å². The Hall–Kier alpha value is -6.06. The first kappa shape index (κ1) is 23.3. The second-order valence-electron chi connectivity index (χ2n) is 13.6. The zero-order valence-corrected chi connectivity index (χ0v) is 25.3. The third kappa shape index (κ3) is 2.43. The van der Waals surface area contributed by atoms with Crippen LogP contribution >= 0.6 is 0 Å². The lowest BCUT2D eigenvalue weighted by molar-refractivity contribution is 0.747. The molecular formula is C44H25N3. The Bertz CT molecular complexity index is 2460. The summed E-state index contributed by atoms with van der Waals surface area (Å²) in [7, 11) is 0. The van der Waals surface area contributed by atoms with Gasteiger partial charge in [0.1, 0.15) is 0 Å². The summed E-state index contributed by atoms with van der Waals surface area (Å²) in [5.41, 5.74) is 25.5. The molecule has 6 heterocycles. The van der Waals surface area contributed by atoms with Gasteiger partial charge in [0, 0.05) is 67.3 Å². The molecule has 3 nitrogen and oxygen atoms in total. The number of hydrogen-bond acceptors (Lipinski definition) is 3. The van der Waals surface area contributed by atoms with E-state index >= 15 is 0 Å². The van der Waals surface area contributed by atoms with Gasteiger partial charge in [-0.15, -0.1) is 0 Å². The standard InChI is InChI=1S/C44H25N3/c1-5-17-32-24(11-1)28-15-9-21-36-38(28)42-40-30(26-13-3-7-19-34(26)45(32)42)23-31-27-14-4-8-20-35(27)46-33-18-6-2-12-25(33)29-16-10-22-37-39(29)43(46)41(31)44(40)47(36)37/h1-23,42-43H. The Morgan fingerprint density at radius 1 is 0.298 bits per heavy atom. The monoisotopic (exact) mass is 595 g/mol. The van der Waals surface area contributed by atoms with Crippen LogP contribution in [0.4, 0.5) is 39.8 Å². The van der Waals surface area contributed by atoms with Gasteiger partial charge in [-0.1, -0.05) is 97.1 Å². The molecule has 7 aromatic rings. The van der Waals surface area contributed by atoms with E-state index in [9.17, 15) is 0 Å². The summed E-state index contributed by atoms with van der Waals surface area (Å²) in [4.78, 5) is 7.95. The Balaban J connectivity index is 1.28. The lowest BCUT2D eigenvalue weighted by Gasteiger charge is -2.56. The maximum Gasteiger partial charge on any atom is 0.0898 e. The number of nitrogens with zero attached hydrogens (tertiary/aromatic N) is 3. The summed E-state index contributed by atoms with van der Waals surface area (Å²) in [5, 5.41) is 0. The van der Waals surface area contributed by atoms with Gasteiger partial charge in [-0.05, 0) is 64.7 Å². The maximum atomic E-state index is 2.66. The van der Waals surface area contributed by atoms with Crippen LogP contribution in [-0.2, 0) is 0 Å². The van der Waals surface area contributed by atoms with Crippen LogP contribution in [0, 0.1) is 0 Å². The van der Waals surface area contributed by atoms with Crippen molar-refractivity contribution in [3.05, 3.63) is 162 Å². The highest BCUT2D eigenvalue weighted by Gasteiger charge is 2.53. The predicted molar refractivity (Wildman–Crippen MR) is 191 cm³/mol. The van der Waals surface area contributed by atoms with Crippen molar-refractivity contribution in [2.45, 2.75) is 12.1 Å². The molecule has 0 N–H and O–H groups in total. The van der Waals surface area contributed by atoms with E-state index < -0.39 is 0 Å². The molecule has 0 bridgehead atoms. The first-order chi connectivity index (χ1) is 23.4. The van der Waals surface area contributed by atoms with Gasteiger partial charge in [0.25, 0.3) is 0 Å². The highest BCUT2D eigenvalue weighted by molar-refractivity contribution is 6.11. The van der Waals surface area contributed by atoms with Crippen LogP contribution in [0.3, 0.4) is 0 Å². The third-order valence-corrected chi connectivity index (χ3v) is 11.7. The molecule has 7 aromatic carbocycles. The Morgan fingerprint density at radius 3 is 1.06 bits per heavy atom. The minimum Gasteiger partial charge on any atom is -0.328 e. The fraction of sp³-hybridized carbons (Fsp3) is 0.0455. The van der Waals surface area contributed by atoms with E-state index in [2.05, 4.69) is 154 Å². The summed E-state index contributed by atoms with van der Waals surface area (Å²) < 4.78 is 0. The van der Waals surface area contributed by atoms with Crippen molar-refractivity contribution in [1.29, 1.82) is 0 Å². The van der Waals surface area contributed by atoms with Crippen LogP contribution in [0.5, 0.6) is 0 Å². The molecule has 216 valence electrons.